The van der Waals surface area contributed by atoms with Crippen LogP contribution >= 0.6 is 0 Å². The van der Waals surface area contributed by atoms with Gasteiger partial charge in [-0.1, -0.05) is 278 Å². The molecule has 0 saturated carbocycles. The van der Waals surface area contributed by atoms with E-state index in [1.165, 1.54) is 212 Å². The molecule has 0 aliphatic heterocycles. The number of hydrogen-bond acceptors (Lipinski definition) is 6. The molecule has 0 aromatic carbocycles. The first-order chi connectivity index (χ1) is 30.4. The van der Waals surface area contributed by atoms with Crippen LogP contribution in [0.5, 0.6) is 0 Å². The van der Waals surface area contributed by atoms with Crippen molar-refractivity contribution in [2.24, 2.45) is 5.92 Å². The summed E-state index contributed by atoms with van der Waals surface area (Å²) >= 11 is 0. The Morgan fingerprint density at radius 1 is 0.306 bits per heavy atom. The van der Waals surface area contributed by atoms with Gasteiger partial charge in [-0.3, -0.25) is 14.4 Å². The topological polar surface area (TPSA) is 78.9 Å². The van der Waals surface area contributed by atoms with Gasteiger partial charge < -0.3 is 14.2 Å². The summed E-state index contributed by atoms with van der Waals surface area (Å²) in [6.45, 7) is 9.03. The van der Waals surface area contributed by atoms with E-state index in [0.717, 1.165) is 63.7 Å². The molecule has 0 spiro atoms. The minimum absolute atomic E-state index is 0.0624. The highest BCUT2D eigenvalue weighted by atomic mass is 16.6. The molecule has 0 amide bonds. The molecule has 6 heteroatoms. The molecular weight excluding hydrogens is 769 g/mol. The highest BCUT2D eigenvalue weighted by Crippen LogP contribution is 2.18. The van der Waals surface area contributed by atoms with Crippen molar-refractivity contribution in [3.8, 4) is 0 Å². The van der Waals surface area contributed by atoms with Crippen molar-refractivity contribution in [1.29, 1.82) is 0 Å². The van der Waals surface area contributed by atoms with Crippen LogP contribution in [0, 0.1) is 5.92 Å². The number of rotatable bonds is 51. The molecule has 0 aliphatic rings. The molecule has 0 N–H and O–H groups in total. The smallest absolute Gasteiger partial charge is 0.306 e. The van der Waals surface area contributed by atoms with Crippen LogP contribution in [-0.2, 0) is 28.6 Å². The summed E-state index contributed by atoms with van der Waals surface area (Å²) in [6.07, 6.45) is 53.8. The lowest BCUT2D eigenvalue weighted by molar-refractivity contribution is -0.167. The van der Waals surface area contributed by atoms with E-state index in [0.29, 0.717) is 19.3 Å². The molecule has 0 unspecified atom stereocenters. The van der Waals surface area contributed by atoms with Crippen molar-refractivity contribution >= 4 is 17.9 Å². The largest absolute Gasteiger partial charge is 0.462 e. The third-order valence-electron chi connectivity index (χ3n) is 12.8. The maximum atomic E-state index is 12.8. The summed E-state index contributed by atoms with van der Waals surface area (Å²) in [4.78, 5) is 38.0. The Kier molecular flexibility index (Phi) is 49.1. The van der Waals surface area contributed by atoms with Crippen LogP contribution < -0.4 is 0 Å². The molecule has 0 rings (SSSR count). The SMILES string of the molecule is CCCCCCCCCCCCCCCCCCCC(=O)O[C@@H](COC(=O)CCCCCCCCCCCCCCCCC)COC(=O)CCCCCCCCCCCC(C)C. The molecule has 0 aromatic heterocycles. The zero-order valence-corrected chi connectivity index (χ0v) is 42.3. The van der Waals surface area contributed by atoms with Gasteiger partial charge in [-0.2, -0.15) is 0 Å². The first kappa shape index (κ1) is 60.4. The maximum absolute atomic E-state index is 12.8. The number of carbonyl (C=O) groups is 3. The third-order valence-corrected chi connectivity index (χ3v) is 12.8. The van der Waals surface area contributed by atoms with Crippen LogP contribution in [0.15, 0.2) is 0 Å². The first-order valence-corrected chi connectivity index (χ1v) is 27.9. The van der Waals surface area contributed by atoms with Crippen molar-refractivity contribution in [3.63, 3.8) is 0 Å². The molecular formula is C56H108O6. The van der Waals surface area contributed by atoms with Gasteiger partial charge in [0.25, 0.3) is 0 Å². The molecule has 368 valence electrons. The number of carbonyl (C=O) groups excluding carboxylic acids is 3. The maximum Gasteiger partial charge on any atom is 0.306 e. The fourth-order valence-corrected chi connectivity index (χ4v) is 8.57. The molecule has 1 atom stereocenters. The standard InChI is InChI=1S/C56H108O6/c1-5-7-9-11-13-15-17-19-21-22-24-26-28-32-37-41-45-49-56(59)62-53(51-61-55(58)48-44-40-36-33-29-30-34-38-42-46-52(3)4)50-60-54(57)47-43-39-35-31-27-25-23-20-18-16-14-12-10-8-6-2/h52-53H,5-51H2,1-4H3/t53-/m0/s1. The van der Waals surface area contributed by atoms with Crippen molar-refractivity contribution in [3.05, 3.63) is 0 Å². The van der Waals surface area contributed by atoms with Crippen molar-refractivity contribution < 1.29 is 28.6 Å². The minimum Gasteiger partial charge on any atom is -0.462 e. The summed E-state index contributed by atoms with van der Waals surface area (Å²) in [5.41, 5.74) is 0. The van der Waals surface area contributed by atoms with Crippen molar-refractivity contribution in [2.45, 2.75) is 323 Å². The van der Waals surface area contributed by atoms with Gasteiger partial charge in [0, 0.05) is 19.3 Å². The van der Waals surface area contributed by atoms with Gasteiger partial charge in [0.2, 0.25) is 0 Å². The summed E-state index contributed by atoms with van der Waals surface area (Å²) in [5, 5.41) is 0. The Hall–Kier alpha value is -1.59. The Balaban J connectivity index is 4.29. The molecule has 6 nitrogen and oxygen atoms in total. The lowest BCUT2D eigenvalue weighted by atomic mass is 10.0. The normalized spacial score (nSPS) is 12.0. The monoisotopic (exact) mass is 877 g/mol. The van der Waals surface area contributed by atoms with Crippen LogP contribution in [0.3, 0.4) is 0 Å². The molecule has 0 bridgehead atoms. The minimum atomic E-state index is -0.761. The second-order valence-corrected chi connectivity index (χ2v) is 19.7. The Labute approximate surface area is 387 Å². The first-order valence-electron chi connectivity index (χ1n) is 27.9. The number of unbranched alkanes of at least 4 members (excludes halogenated alkanes) is 38. The van der Waals surface area contributed by atoms with E-state index in [9.17, 15) is 14.4 Å². The quantitative estimate of drug-likeness (QED) is 0.0344. The highest BCUT2D eigenvalue weighted by molar-refractivity contribution is 5.71. The van der Waals surface area contributed by atoms with Crippen LogP contribution in [0.25, 0.3) is 0 Å². The predicted molar refractivity (Wildman–Crippen MR) is 266 cm³/mol. The molecule has 0 aromatic rings. The molecule has 0 heterocycles. The zero-order valence-electron chi connectivity index (χ0n) is 42.3. The summed E-state index contributed by atoms with van der Waals surface area (Å²) < 4.78 is 16.9. The Bertz CT molecular complexity index is 933. The van der Waals surface area contributed by atoms with Crippen LogP contribution in [-0.4, -0.2) is 37.2 Å². The molecule has 0 fully saturated rings. The number of esters is 3. The Morgan fingerprint density at radius 3 is 0.790 bits per heavy atom. The van der Waals surface area contributed by atoms with E-state index in [4.69, 9.17) is 14.2 Å². The molecule has 0 aliphatic carbocycles. The van der Waals surface area contributed by atoms with Crippen molar-refractivity contribution in [2.75, 3.05) is 13.2 Å². The van der Waals surface area contributed by atoms with Crippen LogP contribution in [0.2, 0.25) is 0 Å². The van der Waals surface area contributed by atoms with Gasteiger partial charge >= 0.3 is 17.9 Å². The zero-order chi connectivity index (χ0) is 45.2. The molecule has 62 heavy (non-hydrogen) atoms. The fourth-order valence-electron chi connectivity index (χ4n) is 8.57. The highest BCUT2D eigenvalue weighted by Gasteiger charge is 2.19. The molecule has 0 radical (unpaired) electrons. The van der Waals surface area contributed by atoms with Crippen LogP contribution in [0.4, 0.5) is 0 Å². The predicted octanol–water partition coefficient (Wildman–Crippen LogP) is 18.2. The van der Waals surface area contributed by atoms with Crippen LogP contribution in [0.1, 0.15) is 317 Å². The average Bonchev–Trinajstić information content (AvgIpc) is 3.26. The van der Waals surface area contributed by atoms with E-state index in [1.807, 2.05) is 0 Å². The van der Waals surface area contributed by atoms with E-state index in [-0.39, 0.29) is 31.1 Å². The number of ether oxygens (including phenoxy) is 3. The van der Waals surface area contributed by atoms with Gasteiger partial charge in [-0.05, 0) is 25.2 Å². The second kappa shape index (κ2) is 50.4. The van der Waals surface area contributed by atoms with Gasteiger partial charge in [0.15, 0.2) is 6.10 Å². The summed E-state index contributed by atoms with van der Waals surface area (Å²) in [6, 6.07) is 0. The van der Waals surface area contributed by atoms with Gasteiger partial charge in [0.05, 0.1) is 0 Å². The lowest BCUT2D eigenvalue weighted by Gasteiger charge is -2.18. The molecule has 0 saturated heterocycles. The number of hydrogen-bond donors (Lipinski definition) is 0. The van der Waals surface area contributed by atoms with Gasteiger partial charge in [-0.15, -0.1) is 0 Å². The third kappa shape index (κ3) is 49.4. The Morgan fingerprint density at radius 2 is 0.532 bits per heavy atom. The van der Waals surface area contributed by atoms with E-state index in [2.05, 4.69) is 27.7 Å². The van der Waals surface area contributed by atoms with Gasteiger partial charge in [-0.25, -0.2) is 0 Å². The van der Waals surface area contributed by atoms with E-state index in [1.54, 1.807) is 0 Å². The fraction of sp³-hybridized carbons (Fsp3) is 0.946. The van der Waals surface area contributed by atoms with E-state index >= 15 is 0 Å². The average molecular weight is 877 g/mol. The summed E-state index contributed by atoms with van der Waals surface area (Å²) in [7, 11) is 0. The van der Waals surface area contributed by atoms with Gasteiger partial charge in [0.1, 0.15) is 13.2 Å². The second-order valence-electron chi connectivity index (χ2n) is 19.7. The lowest BCUT2D eigenvalue weighted by Crippen LogP contribution is -2.30. The van der Waals surface area contributed by atoms with Crippen molar-refractivity contribution in [1.82, 2.24) is 0 Å². The van der Waals surface area contributed by atoms with E-state index < -0.39 is 6.10 Å². The summed E-state index contributed by atoms with van der Waals surface area (Å²) in [5.74, 6) is -0.0310.